The van der Waals surface area contributed by atoms with E-state index >= 15 is 0 Å². The fourth-order valence-corrected chi connectivity index (χ4v) is 4.08. The van der Waals surface area contributed by atoms with E-state index in [1.165, 1.54) is 6.07 Å². The first-order valence-corrected chi connectivity index (χ1v) is 9.77. The molecule has 0 atom stereocenters. The van der Waals surface area contributed by atoms with E-state index in [0.717, 1.165) is 49.5 Å². The SMILES string of the molecule is Cc1cn2cc(NC(=O)N3CCc4c(N5CCNCC5)ccnc43)c(F)cc2n1.Cl. The summed E-state index contributed by atoms with van der Waals surface area (Å²) in [6.07, 6.45) is 5.81. The summed E-state index contributed by atoms with van der Waals surface area (Å²) in [4.78, 5) is 25.5. The van der Waals surface area contributed by atoms with Gasteiger partial charge < -0.3 is 19.9 Å². The van der Waals surface area contributed by atoms with Gasteiger partial charge in [-0.1, -0.05) is 0 Å². The number of urea groups is 1. The number of nitrogens with one attached hydrogen (secondary N) is 2. The molecule has 5 heterocycles. The average Bonchev–Trinajstić information content (AvgIpc) is 3.31. The Balaban J connectivity index is 0.00000218. The Morgan fingerprint density at radius 1 is 1.23 bits per heavy atom. The number of rotatable bonds is 2. The van der Waals surface area contributed by atoms with E-state index in [0.29, 0.717) is 18.0 Å². The fourth-order valence-electron chi connectivity index (χ4n) is 4.08. The number of aromatic nitrogens is 3. The smallest absolute Gasteiger partial charge is 0.327 e. The second kappa shape index (κ2) is 8.08. The van der Waals surface area contributed by atoms with Crippen LogP contribution >= 0.6 is 12.4 Å². The minimum absolute atomic E-state index is 0. The highest BCUT2D eigenvalue weighted by Gasteiger charge is 2.30. The molecule has 158 valence electrons. The molecule has 3 aromatic heterocycles. The van der Waals surface area contributed by atoms with Gasteiger partial charge in [-0.25, -0.2) is 19.2 Å². The van der Waals surface area contributed by atoms with Crippen molar-refractivity contribution < 1.29 is 9.18 Å². The second-order valence-electron chi connectivity index (χ2n) is 7.38. The van der Waals surface area contributed by atoms with Gasteiger partial charge in [-0.2, -0.15) is 0 Å². The predicted molar refractivity (Wildman–Crippen MR) is 117 cm³/mol. The van der Waals surface area contributed by atoms with Crippen molar-refractivity contribution in [2.75, 3.05) is 47.8 Å². The van der Waals surface area contributed by atoms with Crippen LogP contribution < -0.4 is 20.4 Å². The van der Waals surface area contributed by atoms with Crippen LogP contribution in [0.25, 0.3) is 5.65 Å². The van der Waals surface area contributed by atoms with Crippen molar-refractivity contribution in [1.82, 2.24) is 19.7 Å². The molecule has 0 radical (unpaired) electrons. The number of amides is 2. The van der Waals surface area contributed by atoms with Gasteiger partial charge in [-0.3, -0.25) is 4.90 Å². The van der Waals surface area contributed by atoms with E-state index in [4.69, 9.17) is 0 Å². The first kappa shape index (κ1) is 20.4. The Morgan fingerprint density at radius 2 is 2.03 bits per heavy atom. The Kier molecular flexibility index (Phi) is 5.48. The van der Waals surface area contributed by atoms with Gasteiger partial charge in [-0.05, 0) is 19.4 Å². The van der Waals surface area contributed by atoms with E-state index in [1.807, 2.05) is 13.0 Å². The molecule has 0 spiro atoms. The van der Waals surface area contributed by atoms with Crippen molar-refractivity contribution in [2.24, 2.45) is 0 Å². The average molecular weight is 432 g/mol. The van der Waals surface area contributed by atoms with Gasteiger partial charge in [0.2, 0.25) is 0 Å². The molecule has 2 aliphatic heterocycles. The van der Waals surface area contributed by atoms with Gasteiger partial charge in [0.25, 0.3) is 0 Å². The van der Waals surface area contributed by atoms with Gasteiger partial charge in [0.15, 0.2) is 5.82 Å². The third kappa shape index (κ3) is 3.54. The van der Waals surface area contributed by atoms with Gasteiger partial charge in [-0.15, -0.1) is 12.4 Å². The lowest BCUT2D eigenvalue weighted by Crippen LogP contribution is -2.43. The molecule has 0 unspecified atom stereocenters. The lowest BCUT2D eigenvalue weighted by molar-refractivity contribution is 0.257. The zero-order valence-electron chi connectivity index (χ0n) is 16.6. The zero-order chi connectivity index (χ0) is 20.0. The van der Waals surface area contributed by atoms with Crippen LogP contribution in [-0.2, 0) is 6.42 Å². The van der Waals surface area contributed by atoms with Gasteiger partial charge >= 0.3 is 6.03 Å². The van der Waals surface area contributed by atoms with Crippen LogP contribution in [0.2, 0.25) is 0 Å². The van der Waals surface area contributed by atoms with Crippen molar-refractivity contribution in [3.05, 3.63) is 47.8 Å². The van der Waals surface area contributed by atoms with E-state index in [2.05, 4.69) is 25.5 Å². The largest absolute Gasteiger partial charge is 0.369 e. The molecule has 10 heteroatoms. The highest BCUT2D eigenvalue weighted by atomic mass is 35.5. The summed E-state index contributed by atoms with van der Waals surface area (Å²) in [5.74, 6) is 0.136. The summed E-state index contributed by atoms with van der Waals surface area (Å²) in [6.45, 7) is 6.10. The first-order valence-electron chi connectivity index (χ1n) is 9.77. The highest BCUT2D eigenvalue weighted by molar-refractivity contribution is 6.03. The van der Waals surface area contributed by atoms with Crippen molar-refractivity contribution in [3.8, 4) is 0 Å². The topological polar surface area (TPSA) is 77.8 Å². The van der Waals surface area contributed by atoms with E-state index in [9.17, 15) is 9.18 Å². The first-order chi connectivity index (χ1) is 14.1. The summed E-state index contributed by atoms with van der Waals surface area (Å²) in [5.41, 5.74) is 3.61. The molecule has 5 rings (SSSR count). The maximum atomic E-state index is 14.5. The maximum Gasteiger partial charge on any atom is 0.327 e. The Morgan fingerprint density at radius 3 is 2.83 bits per heavy atom. The summed E-state index contributed by atoms with van der Waals surface area (Å²) < 4.78 is 16.2. The molecule has 0 aliphatic carbocycles. The Hall–Kier alpha value is -2.91. The van der Waals surface area contributed by atoms with Crippen LogP contribution in [0.4, 0.5) is 26.4 Å². The van der Waals surface area contributed by atoms with Gasteiger partial charge in [0.1, 0.15) is 11.5 Å². The lowest BCUT2D eigenvalue weighted by Gasteiger charge is -2.31. The molecule has 0 aromatic carbocycles. The number of aryl methyl sites for hydroxylation is 1. The summed E-state index contributed by atoms with van der Waals surface area (Å²) in [5, 5.41) is 6.05. The maximum absolute atomic E-state index is 14.5. The molecule has 1 fully saturated rings. The minimum atomic E-state index is -0.515. The molecule has 1 saturated heterocycles. The minimum Gasteiger partial charge on any atom is -0.369 e. The fraction of sp³-hybridized carbons (Fsp3) is 0.350. The van der Waals surface area contributed by atoms with Crippen molar-refractivity contribution in [1.29, 1.82) is 0 Å². The number of fused-ring (bicyclic) bond motifs is 2. The summed E-state index contributed by atoms with van der Waals surface area (Å²) >= 11 is 0. The molecule has 3 aromatic rings. The van der Waals surface area contributed by atoms with Crippen LogP contribution in [0, 0.1) is 12.7 Å². The molecule has 30 heavy (non-hydrogen) atoms. The third-order valence-electron chi connectivity index (χ3n) is 5.46. The van der Waals surface area contributed by atoms with Crippen molar-refractivity contribution in [3.63, 3.8) is 0 Å². The van der Waals surface area contributed by atoms with Crippen LogP contribution in [-0.4, -0.2) is 53.1 Å². The number of carbonyl (C=O) groups excluding carboxylic acids is 1. The van der Waals surface area contributed by atoms with Crippen LogP contribution in [0.1, 0.15) is 11.3 Å². The monoisotopic (exact) mass is 431 g/mol. The second-order valence-corrected chi connectivity index (χ2v) is 7.38. The van der Waals surface area contributed by atoms with Crippen LogP contribution in [0.3, 0.4) is 0 Å². The number of piperazine rings is 1. The summed E-state index contributed by atoms with van der Waals surface area (Å²) in [6, 6.07) is 2.95. The molecule has 0 saturated carbocycles. The predicted octanol–water partition coefficient (Wildman–Crippen LogP) is 2.60. The number of halogens is 2. The summed E-state index contributed by atoms with van der Waals surface area (Å²) in [7, 11) is 0. The normalized spacial score (nSPS) is 15.8. The van der Waals surface area contributed by atoms with Gasteiger partial charge in [0, 0.05) is 68.6 Å². The third-order valence-corrected chi connectivity index (χ3v) is 5.46. The number of nitrogens with zero attached hydrogens (tertiary/aromatic N) is 5. The zero-order valence-corrected chi connectivity index (χ0v) is 17.4. The molecule has 2 amide bonds. The lowest BCUT2D eigenvalue weighted by atomic mass is 10.1. The number of anilines is 3. The molecule has 2 aliphatic rings. The molecular weight excluding hydrogens is 409 g/mol. The number of hydrogen-bond donors (Lipinski definition) is 2. The van der Waals surface area contributed by atoms with Crippen LogP contribution in [0.15, 0.2) is 30.7 Å². The number of imidazole rings is 1. The Labute approximate surface area is 179 Å². The van der Waals surface area contributed by atoms with Crippen molar-refractivity contribution >= 4 is 41.3 Å². The van der Waals surface area contributed by atoms with E-state index in [-0.39, 0.29) is 24.1 Å². The molecule has 8 nitrogen and oxygen atoms in total. The number of pyridine rings is 2. The molecular formula is C20H23ClFN7O. The number of carbonyl (C=O) groups is 1. The number of hydrogen-bond acceptors (Lipinski definition) is 5. The standard InChI is InChI=1S/C20H22FN7O.ClH/c1-13-11-27-12-16(15(21)10-18(27)24-13)25-20(29)28-7-3-14-17(2-4-23-19(14)28)26-8-5-22-6-9-26;/h2,4,10-12,22H,3,5-9H2,1H3,(H,25,29);1H. The molecule has 0 bridgehead atoms. The molecule has 2 N–H and O–H groups in total. The highest BCUT2D eigenvalue weighted by Crippen LogP contribution is 2.34. The quantitative estimate of drug-likeness (QED) is 0.652. The van der Waals surface area contributed by atoms with Crippen LogP contribution in [0.5, 0.6) is 0 Å². The van der Waals surface area contributed by atoms with E-state index in [1.54, 1.807) is 27.9 Å². The van der Waals surface area contributed by atoms with Crippen molar-refractivity contribution in [2.45, 2.75) is 13.3 Å². The van der Waals surface area contributed by atoms with E-state index < -0.39 is 5.82 Å². The van der Waals surface area contributed by atoms with Gasteiger partial charge in [0.05, 0.1) is 11.4 Å². The Bertz CT molecular complexity index is 1100.